The first kappa shape index (κ1) is 19.4. The summed E-state index contributed by atoms with van der Waals surface area (Å²) >= 11 is 0. The van der Waals surface area contributed by atoms with Gasteiger partial charge in [-0.1, -0.05) is 37.3 Å². The quantitative estimate of drug-likeness (QED) is 0.853. The number of hydrogen-bond acceptors (Lipinski definition) is 4. The van der Waals surface area contributed by atoms with Crippen LogP contribution in [0.15, 0.2) is 30.3 Å². The summed E-state index contributed by atoms with van der Waals surface area (Å²) in [4.78, 5) is 15.1. The number of amides is 1. The van der Waals surface area contributed by atoms with Crippen LogP contribution < -0.4 is 5.32 Å². The molecular formula is C20H30N2O3S. The number of nitrogens with zero attached hydrogens (tertiary/aromatic N) is 1. The molecule has 1 unspecified atom stereocenters. The first-order valence-electron chi connectivity index (χ1n) is 9.61. The molecule has 2 saturated heterocycles. The third-order valence-corrected chi connectivity index (χ3v) is 7.76. The van der Waals surface area contributed by atoms with Crippen molar-refractivity contribution in [2.24, 2.45) is 11.3 Å². The van der Waals surface area contributed by atoms with Gasteiger partial charge in [-0.25, -0.2) is 8.42 Å². The van der Waals surface area contributed by atoms with Gasteiger partial charge in [0.1, 0.15) is 0 Å². The number of sulfone groups is 1. The Kier molecular flexibility index (Phi) is 6.03. The van der Waals surface area contributed by atoms with Gasteiger partial charge >= 0.3 is 0 Å². The van der Waals surface area contributed by atoms with Crippen LogP contribution in [0, 0.1) is 11.3 Å². The van der Waals surface area contributed by atoms with Crippen LogP contribution in [0.3, 0.4) is 0 Å². The Bertz CT molecular complexity index is 710. The molecule has 2 heterocycles. The maximum absolute atomic E-state index is 12.7. The summed E-state index contributed by atoms with van der Waals surface area (Å²) in [5.74, 6) is 0.667. The van der Waals surface area contributed by atoms with E-state index in [1.165, 1.54) is 5.56 Å². The first-order valence-corrected chi connectivity index (χ1v) is 11.4. The largest absolute Gasteiger partial charge is 0.355 e. The fraction of sp³-hybridized carbons (Fsp3) is 0.650. The van der Waals surface area contributed by atoms with E-state index in [-0.39, 0.29) is 23.0 Å². The summed E-state index contributed by atoms with van der Waals surface area (Å²) in [6, 6.07) is 10.4. The number of likely N-dealkylation sites (tertiary alicyclic amines) is 1. The molecule has 26 heavy (non-hydrogen) atoms. The average molecular weight is 379 g/mol. The minimum absolute atomic E-state index is 0.0690. The van der Waals surface area contributed by atoms with Crippen molar-refractivity contribution in [2.45, 2.75) is 39.2 Å². The highest BCUT2D eigenvalue weighted by molar-refractivity contribution is 7.91. The van der Waals surface area contributed by atoms with E-state index in [9.17, 15) is 13.2 Å². The number of rotatable bonds is 5. The van der Waals surface area contributed by atoms with Crippen LogP contribution in [0.2, 0.25) is 0 Å². The van der Waals surface area contributed by atoms with Gasteiger partial charge in [0.25, 0.3) is 0 Å². The molecule has 1 atom stereocenters. The lowest BCUT2D eigenvalue weighted by Gasteiger charge is -2.38. The summed E-state index contributed by atoms with van der Waals surface area (Å²) < 4.78 is 23.5. The lowest BCUT2D eigenvalue weighted by molar-refractivity contribution is -0.133. The smallest absolute Gasteiger partial charge is 0.226 e. The second-order valence-electron chi connectivity index (χ2n) is 8.16. The zero-order valence-corrected chi connectivity index (χ0v) is 16.4. The van der Waals surface area contributed by atoms with Gasteiger partial charge in [0.15, 0.2) is 9.84 Å². The molecule has 1 N–H and O–H groups in total. The molecule has 0 spiro atoms. The molecule has 1 aromatic rings. The SMILES string of the molecule is CC1(C(=O)NCC2CCCS(=O)(=O)C2)CCN(Cc2ccccc2)CC1. The maximum Gasteiger partial charge on any atom is 0.226 e. The Hall–Kier alpha value is -1.40. The lowest BCUT2D eigenvalue weighted by atomic mass is 9.79. The Morgan fingerprint density at radius 2 is 1.92 bits per heavy atom. The van der Waals surface area contributed by atoms with E-state index in [2.05, 4.69) is 34.5 Å². The van der Waals surface area contributed by atoms with Crippen LogP contribution in [0.25, 0.3) is 0 Å². The molecule has 3 rings (SSSR count). The monoisotopic (exact) mass is 378 g/mol. The fourth-order valence-electron chi connectivity index (χ4n) is 4.00. The van der Waals surface area contributed by atoms with Crippen LogP contribution in [0.1, 0.15) is 38.2 Å². The van der Waals surface area contributed by atoms with Crippen LogP contribution in [0.4, 0.5) is 0 Å². The van der Waals surface area contributed by atoms with E-state index in [1.807, 2.05) is 13.0 Å². The number of piperidine rings is 1. The molecule has 1 aromatic carbocycles. The van der Waals surface area contributed by atoms with Crippen LogP contribution in [-0.4, -0.2) is 50.4 Å². The minimum Gasteiger partial charge on any atom is -0.355 e. The van der Waals surface area contributed by atoms with E-state index in [0.717, 1.165) is 38.9 Å². The Labute approximate surface area is 157 Å². The zero-order valence-electron chi connectivity index (χ0n) is 15.6. The molecule has 0 aliphatic carbocycles. The standard InChI is InChI=1S/C20H30N2O3S/c1-20(19(23)21-14-18-8-5-13-26(24,25)16-18)9-11-22(12-10-20)15-17-6-3-2-4-7-17/h2-4,6-7,18H,5,8-16H2,1H3,(H,21,23). The van der Waals surface area contributed by atoms with Crippen LogP contribution in [-0.2, 0) is 21.2 Å². The molecule has 2 aliphatic heterocycles. The number of nitrogens with one attached hydrogen (secondary N) is 1. The summed E-state index contributed by atoms with van der Waals surface area (Å²) in [6.07, 6.45) is 3.29. The van der Waals surface area contributed by atoms with Crippen molar-refractivity contribution in [3.8, 4) is 0 Å². The molecule has 6 heteroatoms. The van der Waals surface area contributed by atoms with Gasteiger partial charge < -0.3 is 5.32 Å². The van der Waals surface area contributed by atoms with E-state index in [1.54, 1.807) is 0 Å². The third-order valence-electron chi connectivity index (χ3n) is 5.87. The van der Waals surface area contributed by atoms with Gasteiger partial charge in [0.05, 0.1) is 11.5 Å². The minimum atomic E-state index is -2.91. The third kappa shape index (κ3) is 5.07. The highest BCUT2D eigenvalue weighted by atomic mass is 32.2. The zero-order chi connectivity index (χ0) is 18.6. The van der Waals surface area contributed by atoms with Crippen molar-refractivity contribution in [3.05, 3.63) is 35.9 Å². The van der Waals surface area contributed by atoms with Crippen molar-refractivity contribution in [1.82, 2.24) is 10.2 Å². The van der Waals surface area contributed by atoms with Gasteiger partial charge in [-0.05, 0) is 50.3 Å². The van der Waals surface area contributed by atoms with Crippen LogP contribution >= 0.6 is 0 Å². The second-order valence-corrected chi connectivity index (χ2v) is 10.4. The predicted octanol–water partition coefficient (Wildman–Crippen LogP) is 2.23. The number of carbonyl (C=O) groups is 1. The molecule has 0 bridgehead atoms. The van der Waals surface area contributed by atoms with Crippen molar-refractivity contribution >= 4 is 15.7 Å². The molecule has 0 saturated carbocycles. The van der Waals surface area contributed by atoms with Gasteiger partial charge in [-0.3, -0.25) is 9.69 Å². The van der Waals surface area contributed by atoms with Gasteiger partial charge in [0.2, 0.25) is 5.91 Å². The van der Waals surface area contributed by atoms with Crippen molar-refractivity contribution in [1.29, 1.82) is 0 Å². The van der Waals surface area contributed by atoms with Gasteiger partial charge in [-0.15, -0.1) is 0 Å². The predicted molar refractivity (Wildman–Crippen MR) is 103 cm³/mol. The summed E-state index contributed by atoms with van der Waals surface area (Å²) in [6.45, 7) is 5.28. The van der Waals surface area contributed by atoms with Crippen molar-refractivity contribution in [3.63, 3.8) is 0 Å². The Balaban J connectivity index is 1.46. The summed E-state index contributed by atoms with van der Waals surface area (Å²) in [5.41, 5.74) is 0.958. The topological polar surface area (TPSA) is 66.5 Å². The van der Waals surface area contributed by atoms with Gasteiger partial charge in [-0.2, -0.15) is 0 Å². The molecule has 144 valence electrons. The van der Waals surface area contributed by atoms with E-state index in [0.29, 0.717) is 18.7 Å². The molecule has 2 fully saturated rings. The second kappa shape index (κ2) is 8.09. The number of hydrogen-bond donors (Lipinski definition) is 1. The number of benzene rings is 1. The fourth-order valence-corrected chi connectivity index (χ4v) is 5.78. The first-order chi connectivity index (χ1) is 12.4. The average Bonchev–Trinajstić information content (AvgIpc) is 2.62. The molecule has 1 amide bonds. The van der Waals surface area contributed by atoms with E-state index in [4.69, 9.17) is 0 Å². The molecule has 5 nitrogen and oxygen atoms in total. The lowest BCUT2D eigenvalue weighted by Crippen LogP contribution is -2.48. The molecule has 2 aliphatic rings. The maximum atomic E-state index is 12.7. The van der Waals surface area contributed by atoms with Gasteiger partial charge in [0, 0.05) is 18.5 Å². The number of carbonyl (C=O) groups excluding carboxylic acids is 1. The van der Waals surface area contributed by atoms with Crippen molar-refractivity contribution < 1.29 is 13.2 Å². The summed E-state index contributed by atoms with van der Waals surface area (Å²) in [7, 11) is -2.91. The normalized spacial score (nSPS) is 25.5. The highest BCUT2D eigenvalue weighted by Crippen LogP contribution is 2.32. The molecule has 0 radical (unpaired) electrons. The Morgan fingerprint density at radius 3 is 2.58 bits per heavy atom. The van der Waals surface area contributed by atoms with E-state index >= 15 is 0 Å². The highest BCUT2D eigenvalue weighted by Gasteiger charge is 2.37. The summed E-state index contributed by atoms with van der Waals surface area (Å²) in [5, 5.41) is 3.04. The van der Waals surface area contributed by atoms with Crippen molar-refractivity contribution in [2.75, 3.05) is 31.1 Å². The molecular weight excluding hydrogens is 348 g/mol. The van der Waals surface area contributed by atoms with Crippen LogP contribution in [0.5, 0.6) is 0 Å². The Morgan fingerprint density at radius 1 is 1.23 bits per heavy atom. The molecule has 0 aromatic heterocycles. The van der Waals surface area contributed by atoms with E-state index < -0.39 is 9.84 Å².